The molecule has 1 fully saturated rings. The van der Waals surface area contributed by atoms with E-state index in [1.165, 1.54) is 24.4 Å². The molecule has 182 valence electrons. The number of pyridine rings is 1. The summed E-state index contributed by atoms with van der Waals surface area (Å²) in [4.78, 5) is 26.2. The van der Waals surface area contributed by atoms with Crippen molar-refractivity contribution < 1.29 is 27.8 Å². The predicted octanol–water partition coefficient (Wildman–Crippen LogP) is 3.46. The Morgan fingerprint density at radius 2 is 1.97 bits per heavy atom. The number of H-pyrrole nitrogens is 2. The van der Waals surface area contributed by atoms with Crippen LogP contribution in [0, 0.1) is 0 Å². The first-order valence-corrected chi connectivity index (χ1v) is 10.8. The van der Waals surface area contributed by atoms with Gasteiger partial charge in [0.1, 0.15) is 17.3 Å². The number of aromatic nitrogens is 5. The minimum absolute atomic E-state index is 0.237. The van der Waals surface area contributed by atoms with Crippen LogP contribution >= 0.6 is 0 Å². The van der Waals surface area contributed by atoms with Crippen LogP contribution in [0.3, 0.4) is 0 Å². The molecule has 1 saturated heterocycles. The number of alkyl halides is 3. The Labute approximate surface area is 196 Å². The number of halogens is 3. The van der Waals surface area contributed by atoms with E-state index in [0.29, 0.717) is 54.0 Å². The van der Waals surface area contributed by atoms with Crippen LogP contribution in [0.4, 0.5) is 24.8 Å². The maximum absolute atomic E-state index is 12.6. The molecule has 3 aromatic heterocycles. The summed E-state index contributed by atoms with van der Waals surface area (Å²) in [6, 6.07) is 8.74. The number of nitrogens with one attached hydrogen (secondary N) is 3. The van der Waals surface area contributed by atoms with E-state index in [9.17, 15) is 23.1 Å². The average molecular weight is 487 g/mol. The maximum Gasteiger partial charge on any atom is 0.573 e. The number of benzene rings is 1. The van der Waals surface area contributed by atoms with Gasteiger partial charge >= 0.3 is 6.36 Å². The predicted molar refractivity (Wildman–Crippen MR) is 120 cm³/mol. The number of aliphatic hydroxyl groups is 1. The third-order valence-electron chi connectivity index (χ3n) is 5.56. The molecule has 0 radical (unpaired) electrons. The highest BCUT2D eigenvalue weighted by Crippen LogP contribution is 2.28. The third-order valence-corrected chi connectivity index (χ3v) is 5.56. The van der Waals surface area contributed by atoms with E-state index in [0.717, 1.165) is 5.82 Å². The van der Waals surface area contributed by atoms with Gasteiger partial charge in [0.05, 0.1) is 22.7 Å². The monoisotopic (exact) mass is 487 g/mol. The van der Waals surface area contributed by atoms with E-state index in [2.05, 4.69) is 40.1 Å². The molecular weight excluding hydrogens is 467 g/mol. The minimum atomic E-state index is -4.79. The Morgan fingerprint density at radius 3 is 2.69 bits per heavy atom. The number of nitrogens with zero attached hydrogens (tertiary/aromatic N) is 4. The number of piperidine rings is 1. The van der Waals surface area contributed by atoms with Crippen LogP contribution in [0.5, 0.6) is 5.75 Å². The topological polar surface area (TPSA) is 132 Å². The fourth-order valence-corrected chi connectivity index (χ4v) is 3.81. The first-order chi connectivity index (χ1) is 16.7. The molecule has 0 unspecified atom stereocenters. The summed E-state index contributed by atoms with van der Waals surface area (Å²) in [6.07, 6.45) is -2.24. The molecule has 13 heteroatoms. The first-order valence-electron chi connectivity index (χ1n) is 10.8. The fourth-order valence-electron chi connectivity index (χ4n) is 3.81. The van der Waals surface area contributed by atoms with Gasteiger partial charge < -0.3 is 25.0 Å². The standard InChI is InChI=1S/C22H20F3N7O3/c23-22(24,25)35-14-2-3-15-16(9-14)28-20(27-15)17-10-18(31-30-17)29-21(34)12-1-4-19(26-11-12)32-7-5-13(33)6-8-32/h1-4,9-11,13,33H,5-8H2,(H,27,28)(H2,29,30,31,34). The summed E-state index contributed by atoms with van der Waals surface area (Å²) in [5.74, 6) is 0.532. The van der Waals surface area contributed by atoms with Crippen LogP contribution in [0.1, 0.15) is 23.2 Å². The van der Waals surface area contributed by atoms with Gasteiger partial charge in [-0.25, -0.2) is 9.97 Å². The van der Waals surface area contributed by atoms with Gasteiger partial charge in [-0.05, 0) is 37.1 Å². The lowest BCUT2D eigenvalue weighted by molar-refractivity contribution is -0.274. The number of aliphatic hydroxyl groups excluding tert-OH is 1. The zero-order valence-corrected chi connectivity index (χ0v) is 18.1. The van der Waals surface area contributed by atoms with Gasteiger partial charge in [0, 0.05) is 31.4 Å². The van der Waals surface area contributed by atoms with Gasteiger partial charge in [-0.15, -0.1) is 13.2 Å². The molecule has 1 aromatic carbocycles. The number of hydrogen-bond acceptors (Lipinski definition) is 7. The van der Waals surface area contributed by atoms with Crippen molar-refractivity contribution in [2.45, 2.75) is 25.3 Å². The molecule has 0 atom stereocenters. The van der Waals surface area contributed by atoms with Gasteiger partial charge in [0.15, 0.2) is 11.6 Å². The number of rotatable bonds is 5. The number of hydrogen-bond donors (Lipinski definition) is 4. The first kappa shape index (κ1) is 22.7. The van der Waals surface area contributed by atoms with Gasteiger partial charge in [-0.2, -0.15) is 5.10 Å². The number of carbonyl (C=O) groups is 1. The molecule has 0 aliphatic carbocycles. The SMILES string of the molecule is O=C(Nc1cc(-c2nc3ccc(OC(F)(F)F)cc3[nH]2)[nH]n1)c1ccc(N2CCC(O)CC2)nc1. The summed E-state index contributed by atoms with van der Waals surface area (Å²) in [5, 5.41) is 19.1. The molecular formula is C22H20F3N7O3. The van der Waals surface area contributed by atoms with E-state index in [1.54, 1.807) is 18.2 Å². The van der Waals surface area contributed by atoms with Crippen LogP contribution in [-0.4, -0.2) is 61.7 Å². The normalized spacial score (nSPS) is 14.9. The van der Waals surface area contributed by atoms with Crippen LogP contribution in [-0.2, 0) is 0 Å². The van der Waals surface area contributed by atoms with Crippen LogP contribution in [0.25, 0.3) is 22.6 Å². The summed E-state index contributed by atoms with van der Waals surface area (Å²) >= 11 is 0. The molecule has 0 saturated carbocycles. The molecule has 5 rings (SSSR count). The molecule has 0 bridgehead atoms. The highest BCUT2D eigenvalue weighted by atomic mass is 19.4. The lowest BCUT2D eigenvalue weighted by Gasteiger charge is -2.30. The van der Waals surface area contributed by atoms with E-state index < -0.39 is 12.3 Å². The smallest absolute Gasteiger partial charge is 0.406 e. The van der Waals surface area contributed by atoms with Crippen LogP contribution in [0.2, 0.25) is 0 Å². The van der Waals surface area contributed by atoms with Crippen molar-refractivity contribution in [2.24, 2.45) is 0 Å². The van der Waals surface area contributed by atoms with Crippen molar-refractivity contribution in [2.75, 3.05) is 23.3 Å². The van der Waals surface area contributed by atoms with E-state index in [-0.39, 0.29) is 17.7 Å². The van der Waals surface area contributed by atoms with Crippen LogP contribution < -0.4 is 15.0 Å². The Bertz CT molecular complexity index is 1340. The Kier molecular flexibility index (Phi) is 5.76. The van der Waals surface area contributed by atoms with E-state index in [1.807, 2.05) is 0 Å². The molecule has 1 aliphatic heterocycles. The van der Waals surface area contributed by atoms with Crippen molar-refractivity contribution >= 4 is 28.6 Å². The van der Waals surface area contributed by atoms with Crippen LogP contribution in [0.15, 0.2) is 42.6 Å². The maximum atomic E-state index is 12.6. The third kappa shape index (κ3) is 5.19. The number of imidazole rings is 1. The van der Waals surface area contributed by atoms with Crippen molar-refractivity contribution in [1.82, 2.24) is 25.1 Å². The second-order valence-electron chi connectivity index (χ2n) is 8.06. The number of aromatic amines is 2. The van der Waals surface area contributed by atoms with Crippen molar-refractivity contribution in [1.29, 1.82) is 0 Å². The molecule has 1 aliphatic rings. The van der Waals surface area contributed by atoms with E-state index >= 15 is 0 Å². The van der Waals surface area contributed by atoms with Gasteiger partial charge in [-0.3, -0.25) is 9.89 Å². The fraction of sp³-hybridized carbons (Fsp3) is 0.273. The zero-order chi connectivity index (χ0) is 24.6. The second-order valence-corrected chi connectivity index (χ2v) is 8.06. The van der Waals surface area contributed by atoms with Crippen molar-refractivity contribution in [3.05, 3.63) is 48.2 Å². The lowest BCUT2D eigenvalue weighted by Crippen LogP contribution is -2.36. The number of ether oxygens (including phenoxy) is 1. The zero-order valence-electron chi connectivity index (χ0n) is 18.1. The summed E-state index contributed by atoms with van der Waals surface area (Å²) in [5.41, 5.74) is 1.55. The number of carbonyl (C=O) groups excluding carboxylic acids is 1. The van der Waals surface area contributed by atoms with Crippen molar-refractivity contribution in [3.8, 4) is 17.3 Å². The molecule has 35 heavy (non-hydrogen) atoms. The highest BCUT2D eigenvalue weighted by Gasteiger charge is 2.31. The van der Waals surface area contributed by atoms with Gasteiger partial charge in [0.2, 0.25) is 0 Å². The largest absolute Gasteiger partial charge is 0.573 e. The molecule has 0 spiro atoms. The van der Waals surface area contributed by atoms with E-state index in [4.69, 9.17) is 0 Å². The van der Waals surface area contributed by atoms with Crippen molar-refractivity contribution in [3.63, 3.8) is 0 Å². The quantitative estimate of drug-likeness (QED) is 0.339. The molecule has 10 nitrogen and oxygen atoms in total. The number of anilines is 2. The number of amides is 1. The molecule has 1 amide bonds. The lowest BCUT2D eigenvalue weighted by atomic mass is 10.1. The second kappa shape index (κ2) is 8.91. The minimum Gasteiger partial charge on any atom is -0.406 e. The summed E-state index contributed by atoms with van der Waals surface area (Å²) in [7, 11) is 0. The number of fused-ring (bicyclic) bond motifs is 1. The van der Waals surface area contributed by atoms with Gasteiger partial charge in [0.25, 0.3) is 5.91 Å². The Morgan fingerprint density at radius 1 is 1.17 bits per heavy atom. The average Bonchev–Trinajstić information content (AvgIpc) is 3.45. The Balaban J connectivity index is 1.25. The highest BCUT2D eigenvalue weighted by molar-refractivity contribution is 6.03. The molecule has 4 N–H and O–H groups in total. The molecule has 4 heterocycles. The summed E-state index contributed by atoms with van der Waals surface area (Å²) < 4.78 is 41.3. The molecule has 4 aromatic rings. The van der Waals surface area contributed by atoms with Gasteiger partial charge in [-0.1, -0.05) is 0 Å². The Hall–Kier alpha value is -4.13. The summed E-state index contributed by atoms with van der Waals surface area (Å²) in [6.45, 7) is 1.41.